The Balaban J connectivity index is 2.92. The quantitative estimate of drug-likeness (QED) is 0.379. The summed E-state index contributed by atoms with van der Waals surface area (Å²) in [4.78, 5) is 0. The molecule has 0 aromatic rings. The maximum absolute atomic E-state index is 9.08. The van der Waals surface area contributed by atoms with Gasteiger partial charge in [0.05, 0.1) is 19.8 Å². The van der Waals surface area contributed by atoms with E-state index in [2.05, 4.69) is 5.32 Å². The van der Waals surface area contributed by atoms with Gasteiger partial charge in [0.15, 0.2) is 0 Å². The van der Waals surface area contributed by atoms with Gasteiger partial charge in [0, 0.05) is 20.3 Å². The highest BCUT2D eigenvalue weighted by molar-refractivity contribution is 4.45. The first kappa shape index (κ1) is 14.8. The van der Waals surface area contributed by atoms with E-state index in [0.29, 0.717) is 26.4 Å². The van der Waals surface area contributed by atoms with Gasteiger partial charge in [-0.15, -0.1) is 0 Å². The number of likely N-dealkylation sites (N-methyl/N-ethyl adjacent to an activating group) is 1. The van der Waals surface area contributed by atoms with E-state index in [1.165, 1.54) is 0 Å². The maximum Gasteiger partial charge on any atom is 0.128 e. The van der Waals surface area contributed by atoms with Crippen molar-refractivity contribution >= 4 is 0 Å². The van der Waals surface area contributed by atoms with E-state index in [-0.39, 0.29) is 0 Å². The second kappa shape index (κ2) is 11.9. The zero-order chi connectivity index (χ0) is 11.4. The number of aliphatic hydroxyl groups excluding tert-OH is 1. The van der Waals surface area contributed by atoms with E-state index in [4.69, 9.17) is 19.3 Å². The molecule has 15 heavy (non-hydrogen) atoms. The Morgan fingerprint density at radius 3 is 2.33 bits per heavy atom. The van der Waals surface area contributed by atoms with Gasteiger partial charge >= 0.3 is 0 Å². The van der Waals surface area contributed by atoms with Crippen LogP contribution in [0, 0.1) is 0 Å². The number of rotatable bonds is 11. The van der Waals surface area contributed by atoms with Gasteiger partial charge in [-0.3, -0.25) is 5.32 Å². The SMILES string of the molecule is CNC(O)COCCCCOCCOC. The molecule has 2 N–H and O–H groups in total. The number of aliphatic hydroxyl groups is 1. The van der Waals surface area contributed by atoms with Gasteiger partial charge < -0.3 is 19.3 Å². The number of hydrogen-bond donors (Lipinski definition) is 2. The highest BCUT2D eigenvalue weighted by atomic mass is 16.5. The van der Waals surface area contributed by atoms with Crippen molar-refractivity contribution in [2.75, 3.05) is 47.2 Å². The summed E-state index contributed by atoms with van der Waals surface area (Å²) in [6.45, 7) is 3.02. The average Bonchev–Trinajstić information content (AvgIpc) is 2.26. The van der Waals surface area contributed by atoms with Crippen molar-refractivity contribution in [1.29, 1.82) is 0 Å². The van der Waals surface area contributed by atoms with Gasteiger partial charge in [-0.1, -0.05) is 0 Å². The summed E-state index contributed by atoms with van der Waals surface area (Å²) in [5.74, 6) is 0. The van der Waals surface area contributed by atoms with Crippen LogP contribution in [0.2, 0.25) is 0 Å². The molecule has 1 unspecified atom stereocenters. The minimum absolute atomic E-state index is 0.334. The molecule has 5 heteroatoms. The van der Waals surface area contributed by atoms with E-state index in [9.17, 15) is 0 Å². The predicted molar refractivity (Wildman–Crippen MR) is 57.8 cm³/mol. The molecule has 0 aromatic carbocycles. The molecule has 92 valence electrons. The second-order valence-corrected chi connectivity index (χ2v) is 3.19. The Kier molecular flexibility index (Phi) is 11.7. The summed E-state index contributed by atoms with van der Waals surface area (Å²) in [5, 5.41) is 11.8. The molecule has 0 aliphatic carbocycles. The number of methoxy groups -OCH3 is 1. The highest BCUT2D eigenvalue weighted by Crippen LogP contribution is 1.92. The molecular weight excluding hydrogens is 198 g/mol. The van der Waals surface area contributed by atoms with Gasteiger partial charge in [0.25, 0.3) is 0 Å². The van der Waals surface area contributed by atoms with Crippen molar-refractivity contribution < 1.29 is 19.3 Å². The fourth-order valence-electron chi connectivity index (χ4n) is 0.931. The lowest BCUT2D eigenvalue weighted by atomic mass is 10.3. The lowest BCUT2D eigenvalue weighted by molar-refractivity contribution is 0.0179. The molecular formula is C10H23NO4. The Morgan fingerprint density at radius 2 is 1.73 bits per heavy atom. The van der Waals surface area contributed by atoms with E-state index < -0.39 is 6.23 Å². The van der Waals surface area contributed by atoms with Crippen molar-refractivity contribution in [3.63, 3.8) is 0 Å². The zero-order valence-electron chi connectivity index (χ0n) is 9.70. The van der Waals surface area contributed by atoms with Crippen LogP contribution in [0.4, 0.5) is 0 Å². The Labute approximate surface area is 91.7 Å². The van der Waals surface area contributed by atoms with Gasteiger partial charge in [0.1, 0.15) is 6.23 Å². The molecule has 5 nitrogen and oxygen atoms in total. The fraction of sp³-hybridized carbons (Fsp3) is 1.00. The van der Waals surface area contributed by atoms with Crippen LogP contribution in [0.25, 0.3) is 0 Å². The molecule has 0 radical (unpaired) electrons. The molecule has 1 atom stereocenters. The first-order valence-corrected chi connectivity index (χ1v) is 5.31. The fourth-order valence-corrected chi connectivity index (χ4v) is 0.931. The highest BCUT2D eigenvalue weighted by Gasteiger charge is 1.98. The summed E-state index contributed by atoms with van der Waals surface area (Å²) >= 11 is 0. The molecule has 0 bridgehead atoms. The molecule has 0 aliphatic heterocycles. The predicted octanol–water partition coefficient (Wildman–Crippen LogP) is -0.0160. The normalized spacial score (nSPS) is 13.0. The number of ether oxygens (including phenoxy) is 3. The standard InChI is InChI=1S/C10H23NO4/c1-11-10(12)9-15-6-4-3-5-14-8-7-13-2/h10-12H,3-9H2,1-2H3. The van der Waals surface area contributed by atoms with Crippen molar-refractivity contribution in [3.8, 4) is 0 Å². The van der Waals surface area contributed by atoms with Crippen LogP contribution in [0.1, 0.15) is 12.8 Å². The van der Waals surface area contributed by atoms with Crippen LogP contribution in [0.5, 0.6) is 0 Å². The van der Waals surface area contributed by atoms with Crippen LogP contribution in [0.3, 0.4) is 0 Å². The van der Waals surface area contributed by atoms with Crippen LogP contribution in [-0.4, -0.2) is 58.5 Å². The van der Waals surface area contributed by atoms with Crippen molar-refractivity contribution in [2.24, 2.45) is 0 Å². The summed E-state index contributed by atoms with van der Waals surface area (Å²) in [6, 6.07) is 0. The lowest BCUT2D eigenvalue weighted by Gasteiger charge is -2.09. The van der Waals surface area contributed by atoms with Gasteiger partial charge in [0.2, 0.25) is 0 Å². The first-order valence-electron chi connectivity index (χ1n) is 5.31. The third kappa shape index (κ3) is 11.7. The maximum atomic E-state index is 9.08. The molecule has 0 saturated carbocycles. The van der Waals surface area contributed by atoms with Crippen molar-refractivity contribution in [1.82, 2.24) is 5.32 Å². The monoisotopic (exact) mass is 221 g/mol. The molecule has 0 saturated heterocycles. The van der Waals surface area contributed by atoms with E-state index in [1.54, 1.807) is 14.2 Å². The Hall–Kier alpha value is -0.200. The Morgan fingerprint density at radius 1 is 1.07 bits per heavy atom. The van der Waals surface area contributed by atoms with E-state index in [1.807, 2.05) is 0 Å². The minimum Gasteiger partial charge on any atom is -0.382 e. The smallest absolute Gasteiger partial charge is 0.128 e. The van der Waals surface area contributed by atoms with Gasteiger partial charge in [-0.2, -0.15) is 0 Å². The van der Waals surface area contributed by atoms with Gasteiger partial charge in [-0.05, 0) is 19.9 Å². The summed E-state index contributed by atoms with van der Waals surface area (Å²) in [6.07, 6.45) is 1.35. The zero-order valence-corrected chi connectivity index (χ0v) is 9.70. The molecule has 0 amide bonds. The van der Waals surface area contributed by atoms with Crippen molar-refractivity contribution in [3.05, 3.63) is 0 Å². The van der Waals surface area contributed by atoms with E-state index in [0.717, 1.165) is 19.4 Å². The molecule has 0 aliphatic rings. The third-order valence-corrected chi connectivity index (χ3v) is 1.87. The molecule has 0 rings (SSSR count). The minimum atomic E-state index is -0.567. The topological polar surface area (TPSA) is 60.0 Å². The molecule has 0 heterocycles. The van der Waals surface area contributed by atoms with Crippen LogP contribution in [-0.2, 0) is 14.2 Å². The molecule has 0 spiro atoms. The third-order valence-electron chi connectivity index (χ3n) is 1.87. The number of nitrogens with one attached hydrogen (secondary N) is 1. The number of hydrogen-bond acceptors (Lipinski definition) is 5. The van der Waals surface area contributed by atoms with Gasteiger partial charge in [-0.25, -0.2) is 0 Å². The summed E-state index contributed by atoms with van der Waals surface area (Å²) in [7, 11) is 3.35. The van der Waals surface area contributed by atoms with Crippen LogP contribution in [0.15, 0.2) is 0 Å². The van der Waals surface area contributed by atoms with Crippen molar-refractivity contribution in [2.45, 2.75) is 19.1 Å². The summed E-state index contributed by atoms with van der Waals surface area (Å²) < 4.78 is 15.3. The first-order chi connectivity index (χ1) is 7.31. The number of unbranched alkanes of at least 4 members (excludes halogenated alkanes) is 1. The summed E-state index contributed by atoms with van der Waals surface area (Å²) in [5.41, 5.74) is 0. The lowest BCUT2D eigenvalue weighted by Crippen LogP contribution is -2.29. The Bertz CT molecular complexity index is 124. The largest absolute Gasteiger partial charge is 0.382 e. The molecule has 0 fully saturated rings. The average molecular weight is 221 g/mol. The molecule has 0 aromatic heterocycles. The van der Waals surface area contributed by atoms with E-state index >= 15 is 0 Å². The second-order valence-electron chi connectivity index (χ2n) is 3.19. The van der Waals surface area contributed by atoms with Crippen LogP contribution >= 0.6 is 0 Å². The van der Waals surface area contributed by atoms with Crippen LogP contribution < -0.4 is 5.32 Å².